The lowest BCUT2D eigenvalue weighted by Crippen LogP contribution is -2.04. The maximum Gasteiger partial charge on any atom is 0.147 e. The molecule has 1 aromatic carbocycles. The summed E-state index contributed by atoms with van der Waals surface area (Å²) in [6.07, 6.45) is 2.63. The van der Waals surface area contributed by atoms with Crippen molar-refractivity contribution in [3.63, 3.8) is 0 Å². The second-order valence-electron chi connectivity index (χ2n) is 3.67. The van der Waals surface area contributed by atoms with E-state index in [-0.39, 0.29) is 0 Å². The lowest BCUT2D eigenvalue weighted by molar-refractivity contribution is 0.414. The molecule has 0 N–H and O–H groups in total. The van der Waals surface area contributed by atoms with Gasteiger partial charge in [-0.15, -0.1) is 21.8 Å². The highest BCUT2D eigenvalue weighted by Gasteiger charge is 2.02. The van der Waals surface area contributed by atoms with Crippen LogP contribution in [0.5, 0.6) is 5.75 Å². The van der Waals surface area contributed by atoms with Crippen LogP contribution in [-0.4, -0.2) is 21.9 Å². The van der Waals surface area contributed by atoms with Crippen molar-refractivity contribution in [3.8, 4) is 5.75 Å². The third-order valence-corrected chi connectivity index (χ3v) is 2.85. The lowest BCUT2D eigenvalue weighted by atomic mass is 10.1. The van der Waals surface area contributed by atoms with Crippen molar-refractivity contribution < 1.29 is 4.74 Å². The van der Waals surface area contributed by atoms with E-state index < -0.39 is 0 Å². The maximum atomic E-state index is 5.75. The fraction of sp³-hybridized carbons (Fsp3) is 0.333. The van der Waals surface area contributed by atoms with Gasteiger partial charge in [-0.2, -0.15) is 0 Å². The van der Waals surface area contributed by atoms with Crippen LogP contribution in [0, 0.1) is 0 Å². The fourth-order valence-electron chi connectivity index (χ4n) is 1.61. The number of nitrogens with zero attached hydrogens (tertiary/aromatic N) is 3. The van der Waals surface area contributed by atoms with Gasteiger partial charge in [0.2, 0.25) is 0 Å². The summed E-state index contributed by atoms with van der Waals surface area (Å²) < 4.78 is 7.08. The fourth-order valence-corrected chi connectivity index (χ4v) is 1.82. The Morgan fingerprint density at radius 3 is 2.71 bits per heavy atom. The first-order valence-corrected chi connectivity index (χ1v) is 5.92. The van der Waals surface area contributed by atoms with E-state index in [1.54, 1.807) is 13.4 Å². The van der Waals surface area contributed by atoms with E-state index in [1.165, 1.54) is 5.56 Å². The standard InChI is InChI=1S/C12H14ClN3O/c1-17-11-4-2-10(3-5-11)6-7-16-9-14-15-12(16)8-13/h2-5,9H,6-8H2,1H3. The quantitative estimate of drug-likeness (QED) is 0.766. The van der Waals surface area contributed by atoms with Crippen LogP contribution < -0.4 is 4.74 Å². The van der Waals surface area contributed by atoms with Crippen LogP contribution in [0.1, 0.15) is 11.4 Å². The molecular weight excluding hydrogens is 238 g/mol. The van der Waals surface area contributed by atoms with Gasteiger partial charge in [0.1, 0.15) is 17.9 Å². The van der Waals surface area contributed by atoms with Crippen LogP contribution in [0.2, 0.25) is 0 Å². The van der Waals surface area contributed by atoms with Crippen molar-refractivity contribution in [2.24, 2.45) is 0 Å². The third kappa shape index (κ3) is 2.97. The number of aryl methyl sites for hydroxylation is 2. The van der Waals surface area contributed by atoms with Gasteiger partial charge in [-0.1, -0.05) is 12.1 Å². The summed E-state index contributed by atoms with van der Waals surface area (Å²) in [5.74, 6) is 2.07. The zero-order valence-electron chi connectivity index (χ0n) is 9.64. The number of halogens is 1. The van der Waals surface area contributed by atoms with E-state index in [0.717, 1.165) is 24.5 Å². The molecule has 0 aliphatic carbocycles. The molecule has 5 heteroatoms. The lowest BCUT2D eigenvalue weighted by Gasteiger charge is -2.05. The predicted molar refractivity (Wildman–Crippen MR) is 66.3 cm³/mol. The van der Waals surface area contributed by atoms with Gasteiger partial charge < -0.3 is 9.30 Å². The number of hydrogen-bond donors (Lipinski definition) is 0. The summed E-state index contributed by atoms with van der Waals surface area (Å²) in [5.41, 5.74) is 1.25. The highest BCUT2D eigenvalue weighted by molar-refractivity contribution is 6.16. The van der Waals surface area contributed by atoms with Crippen LogP contribution in [0.3, 0.4) is 0 Å². The van der Waals surface area contributed by atoms with Crippen molar-refractivity contribution in [2.75, 3.05) is 7.11 Å². The molecule has 0 spiro atoms. The Labute approximate surface area is 105 Å². The van der Waals surface area contributed by atoms with Crippen LogP contribution in [0.4, 0.5) is 0 Å². The number of ether oxygens (including phenoxy) is 1. The van der Waals surface area contributed by atoms with E-state index >= 15 is 0 Å². The Morgan fingerprint density at radius 1 is 1.29 bits per heavy atom. The molecule has 0 fully saturated rings. The van der Waals surface area contributed by atoms with Crippen LogP contribution in [0.25, 0.3) is 0 Å². The minimum Gasteiger partial charge on any atom is -0.497 e. The van der Waals surface area contributed by atoms with Crippen molar-refractivity contribution in [1.82, 2.24) is 14.8 Å². The summed E-state index contributed by atoms with van der Waals surface area (Å²) >= 11 is 5.75. The largest absolute Gasteiger partial charge is 0.497 e. The predicted octanol–water partition coefficient (Wildman–Crippen LogP) is 2.27. The highest BCUT2D eigenvalue weighted by atomic mass is 35.5. The van der Waals surface area contributed by atoms with E-state index in [4.69, 9.17) is 16.3 Å². The van der Waals surface area contributed by atoms with E-state index in [1.807, 2.05) is 16.7 Å². The second kappa shape index (κ2) is 5.68. The molecule has 0 saturated heterocycles. The number of alkyl halides is 1. The van der Waals surface area contributed by atoms with Gasteiger partial charge >= 0.3 is 0 Å². The van der Waals surface area contributed by atoms with Crippen molar-refractivity contribution in [3.05, 3.63) is 42.0 Å². The number of benzene rings is 1. The molecule has 0 saturated carbocycles. The molecule has 0 bridgehead atoms. The topological polar surface area (TPSA) is 39.9 Å². The first-order valence-electron chi connectivity index (χ1n) is 5.39. The molecule has 0 aliphatic heterocycles. The monoisotopic (exact) mass is 251 g/mol. The molecule has 1 aromatic heterocycles. The SMILES string of the molecule is COc1ccc(CCn2cnnc2CCl)cc1. The van der Waals surface area contributed by atoms with Gasteiger partial charge in [0.25, 0.3) is 0 Å². The molecule has 2 rings (SSSR count). The summed E-state index contributed by atoms with van der Waals surface area (Å²) in [6, 6.07) is 8.04. The van der Waals surface area contributed by atoms with Crippen LogP contribution >= 0.6 is 11.6 Å². The molecule has 4 nitrogen and oxygen atoms in total. The molecule has 0 radical (unpaired) electrons. The van der Waals surface area contributed by atoms with Gasteiger partial charge in [0, 0.05) is 6.54 Å². The van der Waals surface area contributed by atoms with Crippen molar-refractivity contribution in [2.45, 2.75) is 18.8 Å². The normalized spacial score (nSPS) is 10.5. The Balaban J connectivity index is 1.97. The second-order valence-corrected chi connectivity index (χ2v) is 3.94. The van der Waals surface area contributed by atoms with Gasteiger partial charge in [-0.25, -0.2) is 0 Å². The minimum atomic E-state index is 0.391. The number of rotatable bonds is 5. The number of aromatic nitrogens is 3. The third-order valence-electron chi connectivity index (χ3n) is 2.62. The smallest absolute Gasteiger partial charge is 0.147 e. The zero-order valence-corrected chi connectivity index (χ0v) is 10.4. The van der Waals surface area contributed by atoms with Crippen molar-refractivity contribution in [1.29, 1.82) is 0 Å². The molecule has 0 aliphatic rings. The minimum absolute atomic E-state index is 0.391. The Bertz CT molecular complexity index is 467. The molecule has 2 aromatic rings. The Hall–Kier alpha value is -1.55. The average Bonchev–Trinajstić information content (AvgIpc) is 2.84. The van der Waals surface area contributed by atoms with Crippen LogP contribution in [0.15, 0.2) is 30.6 Å². The van der Waals surface area contributed by atoms with E-state index in [0.29, 0.717) is 5.88 Å². The zero-order chi connectivity index (χ0) is 12.1. The summed E-state index contributed by atoms with van der Waals surface area (Å²) in [6.45, 7) is 0.835. The van der Waals surface area contributed by atoms with Crippen LogP contribution in [-0.2, 0) is 18.8 Å². The van der Waals surface area contributed by atoms with E-state index in [2.05, 4.69) is 22.3 Å². The van der Waals surface area contributed by atoms with Gasteiger partial charge in [-0.05, 0) is 24.1 Å². The van der Waals surface area contributed by atoms with Gasteiger partial charge in [0.05, 0.1) is 13.0 Å². The van der Waals surface area contributed by atoms with Crippen molar-refractivity contribution >= 4 is 11.6 Å². The average molecular weight is 252 g/mol. The molecule has 0 unspecified atom stereocenters. The first-order chi connectivity index (χ1) is 8.33. The first kappa shape index (κ1) is 11.9. The number of methoxy groups -OCH3 is 1. The molecule has 0 amide bonds. The molecule has 90 valence electrons. The molecule has 1 heterocycles. The maximum absolute atomic E-state index is 5.75. The number of hydrogen-bond acceptors (Lipinski definition) is 3. The summed E-state index contributed by atoms with van der Waals surface area (Å²) in [5, 5.41) is 7.78. The molecule has 17 heavy (non-hydrogen) atoms. The molecule has 0 atom stereocenters. The van der Waals surface area contributed by atoms with Gasteiger partial charge in [-0.3, -0.25) is 0 Å². The summed E-state index contributed by atoms with van der Waals surface area (Å²) in [4.78, 5) is 0. The molecular formula is C12H14ClN3O. The summed E-state index contributed by atoms with van der Waals surface area (Å²) in [7, 11) is 1.67. The van der Waals surface area contributed by atoms with Gasteiger partial charge in [0.15, 0.2) is 0 Å². The Kier molecular flexibility index (Phi) is 3.98. The van der Waals surface area contributed by atoms with E-state index in [9.17, 15) is 0 Å². The highest BCUT2D eigenvalue weighted by Crippen LogP contribution is 2.12. The Morgan fingerprint density at radius 2 is 2.06 bits per heavy atom.